The number of nitrogens with one attached hydrogen (secondary N) is 5. The molecule has 0 aliphatic heterocycles. The Hall–Kier alpha value is -4.70. The lowest BCUT2D eigenvalue weighted by Gasteiger charge is -2.07. The quantitative estimate of drug-likeness (QED) is 0.197. The molecule has 0 saturated heterocycles. The number of hydrogen-bond donors (Lipinski definition) is 5. The van der Waals surface area contributed by atoms with Gasteiger partial charge in [-0.2, -0.15) is 10.2 Å². The Bertz CT molecular complexity index is 1240. The van der Waals surface area contributed by atoms with Crippen LogP contribution in [0, 0.1) is 0 Å². The van der Waals surface area contributed by atoms with E-state index >= 15 is 0 Å². The van der Waals surface area contributed by atoms with E-state index in [1.165, 1.54) is 0 Å². The van der Waals surface area contributed by atoms with Crippen LogP contribution >= 0.6 is 11.6 Å². The summed E-state index contributed by atoms with van der Waals surface area (Å²) in [6.45, 7) is 0. The fourth-order valence-corrected chi connectivity index (χ4v) is 3.03. The van der Waals surface area contributed by atoms with Gasteiger partial charge < -0.3 is 10.6 Å². The van der Waals surface area contributed by atoms with Crippen molar-refractivity contribution < 1.29 is 9.59 Å². The summed E-state index contributed by atoms with van der Waals surface area (Å²) in [7, 11) is 0. The van der Waals surface area contributed by atoms with Gasteiger partial charge in [-0.1, -0.05) is 54.1 Å². The summed E-state index contributed by atoms with van der Waals surface area (Å²) < 4.78 is 0. The molecule has 0 radical (unpaired) electrons. The highest BCUT2D eigenvalue weighted by atomic mass is 35.5. The SMILES string of the molecule is O=C(Nc1ccccc1)Nc1n[nH]c(NC(=O)Nc2ccccc2)c1N=Nc1cccc(Cl)c1. The Labute approximate surface area is 199 Å². The second kappa shape index (κ2) is 10.7. The Kier molecular flexibility index (Phi) is 7.11. The highest BCUT2D eigenvalue weighted by Crippen LogP contribution is 2.33. The molecule has 0 aliphatic carbocycles. The molecule has 170 valence electrons. The van der Waals surface area contributed by atoms with Crippen LogP contribution < -0.4 is 21.3 Å². The normalized spacial score (nSPS) is 10.6. The highest BCUT2D eigenvalue weighted by Gasteiger charge is 2.18. The monoisotopic (exact) mass is 474 g/mol. The van der Waals surface area contributed by atoms with Crippen LogP contribution in [0.1, 0.15) is 0 Å². The van der Waals surface area contributed by atoms with E-state index in [1.807, 2.05) is 12.1 Å². The van der Waals surface area contributed by atoms with Gasteiger partial charge in [-0.15, -0.1) is 5.11 Å². The molecule has 34 heavy (non-hydrogen) atoms. The minimum Gasteiger partial charge on any atom is -0.308 e. The van der Waals surface area contributed by atoms with Crippen LogP contribution in [0.15, 0.2) is 95.2 Å². The van der Waals surface area contributed by atoms with Gasteiger partial charge in [-0.3, -0.25) is 15.7 Å². The number of carbonyl (C=O) groups excluding carboxylic acids is 2. The first-order chi connectivity index (χ1) is 16.6. The Morgan fingerprint density at radius 2 is 1.35 bits per heavy atom. The summed E-state index contributed by atoms with van der Waals surface area (Å²) in [5.41, 5.74) is 1.79. The van der Waals surface area contributed by atoms with E-state index in [0.29, 0.717) is 22.1 Å². The van der Waals surface area contributed by atoms with Gasteiger partial charge >= 0.3 is 12.1 Å². The van der Waals surface area contributed by atoms with Crippen molar-refractivity contribution in [1.29, 1.82) is 0 Å². The lowest BCUT2D eigenvalue weighted by atomic mass is 10.3. The Balaban J connectivity index is 1.55. The maximum absolute atomic E-state index is 12.5. The number of rotatable bonds is 6. The van der Waals surface area contributed by atoms with E-state index in [1.54, 1.807) is 72.8 Å². The maximum atomic E-state index is 12.5. The van der Waals surface area contributed by atoms with Crippen molar-refractivity contribution in [2.75, 3.05) is 21.3 Å². The van der Waals surface area contributed by atoms with Crippen molar-refractivity contribution in [1.82, 2.24) is 10.2 Å². The average molecular weight is 475 g/mol. The van der Waals surface area contributed by atoms with Crippen molar-refractivity contribution in [3.05, 3.63) is 90.0 Å². The maximum Gasteiger partial charge on any atom is 0.324 e. The van der Waals surface area contributed by atoms with Crippen LogP contribution in [-0.4, -0.2) is 22.3 Å². The molecule has 0 atom stereocenters. The molecule has 0 unspecified atom stereocenters. The Morgan fingerprint density at radius 1 is 0.735 bits per heavy atom. The third kappa shape index (κ3) is 6.17. The molecule has 4 aromatic rings. The van der Waals surface area contributed by atoms with Crippen molar-refractivity contribution in [2.45, 2.75) is 0 Å². The zero-order chi connectivity index (χ0) is 23.8. The molecule has 0 fully saturated rings. The molecule has 5 N–H and O–H groups in total. The molecule has 1 heterocycles. The van der Waals surface area contributed by atoms with E-state index in [-0.39, 0.29) is 17.3 Å². The van der Waals surface area contributed by atoms with E-state index in [2.05, 4.69) is 41.7 Å². The average Bonchev–Trinajstić information content (AvgIpc) is 3.19. The first-order valence-electron chi connectivity index (χ1n) is 10.1. The van der Waals surface area contributed by atoms with Gasteiger partial charge in [0.15, 0.2) is 17.3 Å². The fourth-order valence-electron chi connectivity index (χ4n) is 2.84. The summed E-state index contributed by atoms with van der Waals surface area (Å²) >= 11 is 6.01. The summed E-state index contributed by atoms with van der Waals surface area (Å²) in [6, 6.07) is 23.5. The topological polar surface area (TPSA) is 136 Å². The standard InChI is InChI=1S/C23H19ClN8O2/c24-15-8-7-13-18(14-15)29-30-19-20(27-22(33)25-16-9-3-1-4-10-16)31-32-21(19)28-23(34)26-17-11-5-2-6-12-17/h1-14H,(H5,25,26,27,28,31,32,33,34). The number of hydrogen-bond acceptors (Lipinski definition) is 5. The number of aromatic nitrogens is 2. The number of urea groups is 2. The van der Waals surface area contributed by atoms with E-state index < -0.39 is 12.1 Å². The molecular formula is C23H19ClN8O2. The largest absolute Gasteiger partial charge is 0.324 e. The van der Waals surface area contributed by atoms with Gasteiger partial charge in [-0.25, -0.2) is 9.59 Å². The number of para-hydroxylation sites is 2. The molecule has 4 rings (SSSR count). The summed E-state index contributed by atoms with van der Waals surface area (Å²) in [5.74, 6) is 0.198. The van der Waals surface area contributed by atoms with Crippen LogP contribution in [0.3, 0.4) is 0 Å². The number of amides is 4. The third-order valence-electron chi connectivity index (χ3n) is 4.35. The molecule has 4 amide bonds. The van der Waals surface area contributed by atoms with Crippen molar-refractivity contribution in [3.8, 4) is 0 Å². The predicted octanol–water partition coefficient (Wildman–Crippen LogP) is 6.77. The first-order valence-corrected chi connectivity index (χ1v) is 10.5. The fraction of sp³-hybridized carbons (Fsp3) is 0. The zero-order valence-corrected chi connectivity index (χ0v) is 18.4. The number of benzene rings is 3. The number of nitrogens with zero attached hydrogens (tertiary/aromatic N) is 3. The molecule has 0 spiro atoms. The van der Waals surface area contributed by atoms with Gasteiger partial charge in [0.05, 0.1) is 5.69 Å². The smallest absolute Gasteiger partial charge is 0.308 e. The molecule has 11 heteroatoms. The van der Waals surface area contributed by atoms with Crippen LogP contribution in [-0.2, 0) is 0 Å². The van der Waals surface area contributed by atoms with E-state index in [4.69, 9.17) is 11.6 Å². The van der Waals surface area contributed by atoms with E-state index in [0.717, 1.165) is 0 Å². The minimum atomic E-state index is -0.544. The van der Waals surface area contributed by atoms with Crippen molar-refractivity contribution in [2.24, 2.45) is 10.2 Å². The molecule has 0 bridgehead atoms. The lowest BCUT2D eigenvalue weighted by molar-refractivity contribution is 0.261. The minimum absolute atomic E-state index is 0.0641. The lowest BCUT2D eigenvalue weighted by Crippen LogP contribution is -2.20. The van der Waals surface area contributed by atoms with Crippen LogP contribution in [0.2, 0.25) is 5.02 Å². The van der Waals surface area contributed by atoms with Gasteiger partial charge in [0.1, 0.15) is 0 Å². The number of aromatic amines is 1. The summed E-state index contributed by atoms with van der Waals surface area (Å²) in [6.07, 6.45) is 0. The summed E-state index contributed by atoms with van der Waals surface area (Å²) in [4.78, 5) is 24.9. The Morgan fingerprint density at radius 3 is 1.97 bits per heavy atom. The highest BCUT2D eigenvalue weighted by molar-refractivity contribution is 6.30. The van der Waals surface area contributed by atoms with Crippen LogP contribution in [0.5, 0.6) is 0 Å². The van der Waals surface area contributed by atoms with Gasteiger partial charge in [-0.05, 0) is 42.5 Å². The zero-order valence-electron chi connectivity index (χ0n) is 17.6. The second-order valence-corrected chi connectivity index (χ2v) is 7.30. The molecule has 10 nitrogen and oxygen atoms in total. The number of carbonyl (C=O) groups is 2. The molecule has 0 saturated carbocycles. The number of azo groups is 1. The molecule has 3 aromatic carbocycles. The predicted molar refractivity (Wildman–Crippen MR) is 132 cm³/mol. The summed E-state index contributed by atoms with van der Waals surface area (Å²) in [5, 5.41) is 26.2. The first kappa shape index (κ1) is 22.5. The van der Waals surface area contributed by atoms with Crippen molar-refractivity contribution >= 4 is 58.0 Å². The number of H-pyrrole nitrogens is 1. The molecule has 0 aliphatic rings. The van der Waals surface area contributed by atoms with Gasteiger partial charge in [0.25, 0.3) is 0 Å². The second-order valence-electron chi connectivity index (χ2n) is 6.87. The van der Waals surface area contributed by atoms with Gasteiger partial charge in [0.2, 0.25) is 0 Å². The number of anilines is 4. The number of halogens is 1. The van der Waals surface area contributed by atoms with Gasteiger partial charge in [0, 0.05) is 16.4 Å². The van der Waals surface area contributed by atoms with Crippen molar-refractivity contribution in [3.63, 3.8) is 0 Å². The third-order valence-corrected chi connectivity index (χ3v) is 4.58. The van der Waals surface area contributed by atoms with Crippen LogP contribution in [0.25, 0.3) is 0 Å². The van der Waals surface area contributed by atoms with Crippen LogP contribution in [0.4, 0.5) is 44.0 Å². The molecule has 1 aromatic heterocycles. The van der Waals surface area contributed by atoms with E-state index in [9.17, 15) is 9.59 Å². The molecular weight excluding hydrogens is 456 g/mol.